The van der Waals surface area contributed by atoms with Crippen LogP contribution >= 0.6 is 7.92 Å². The first-order chi connectivity index (χ1) is 7.92. The van der Waals surface area contributed by atoms with Crippen molar-refractivity contribution in [2.45, 2.75) is 0 Å². The van der Waals surface area contributed by atoms with Crippen LogP contribution in [-0.4, -0.2) is 12.8 Å². The van der Waals surface area contributed by atoms with Gasteiger partial charge < -0.3 is 5.11 Å². The first kappa shape index (κ1) is 11.3. The third-order valence-corrected chi connectivity index (χ3v) is 4.92. The predicted molar refractivity (Wildman–Crippen MR) is 68.8 cm³/mol. The highest BCUT2D eigenvalue weighted by Gasteiger charge is 2.10. The highest BCUT2D eigenvalue weighted by Crippen LogP contribution is 2.32. The second-order valence-electron chi connectivity index (χ2n) is 3.53. The lowest BCUT2D eigenvalue weighted by atomic mass is 10.4. The van der Waals surface area contributed by atoms with E-state index in [4.69, 9.17) is 0 Å². The summed E-state index contributed by atoms with van der Waals surface area (Å²) in [4.78, 5) is 0. The van der Waals surface area contributed by atoms with Gasteiger partial charge in [-0.3, -0.25) is 0 Å². The minimum Gasteiger partial charge on any atom is -0.854 e. The fourth-order valence-electron chi connectivity index (χ4n) is 1.71. The minimum absolute atomic E-state index is 0.00447. The van der Waals surface area contributed by atoms with Crippen LogP contribution < -0.4 is 15.7 Å². The average molecular weight is 229 g/mol. The van der Waals surface area contributed by atoms with Crippen LogP contribution in [0.2, 0.25) is 0 Å². The largest absolute Gasteiger partial charge is 0.854 e. The maximum atomic E-state index is 10.9. The van der Waals surface area contributed by atoms with E-state index < -0.39 is 7.92 Å². The molecule has 0 radical (unpaired) electrons. The van der Waals surface area contributed by atoms with Gasteiger partial charge in [0.15, 0.2) is 0 Å². The van der Waals surface area contributed by atoms with Crippen LogP contribution in [-0.2, 0) is 0 Å². The molecule has 0 aliphatic heterocycles. The van der Waals surface area contributed by atoms with Crippen LogP contribution in [0, 0.1) is 0 Å². The summed E-state index contributed by atoms with van der Waals surface area (Å²) in [7, 11) is -0.463. The zero-order valence-electron chi connectivity index (χ0n) is 9.04. The normalized spacial score (nSPS) is 10.6. The van der Waals surface area contributed by atoms with Crippen molar-refractivity contribution in [2.75, 3.05) is 12.8 Å². The zero-order valence-corrected chi connectivity index (χ0v) is 9.94. The molecule has 0 bridgehead atoms. The Balaban J connectivity index is 2.31. The Hall–Kier alpha value is -1.17. The molecule has 0 heterocycles. The Morgan fingerprint density at radius 1 is 0.750 bits per heavy atom. The monoisotopic (exact) mass is 229 g/mol. The van der Waals surface area contributed by atoms with E-state index in [9.17, 15) is 5.11 Å². The fourth-order valence-corrected chi connectivity index (χ4v) is 3.78. The molecule has 0 unspecified atom stereocenters. The maximum absolute atomic E-state index is 10.9. The molecule has 0 aliphatic rings. The molecule has 2 aromatic carbocycles. The molecule has 0 atom stereocenters. The second kappa shape index (κ2) is 5.79. The van der Waals surface area contributed by atoms with Crippen molar-refractivity contribution in [3.8, 4) is 0 Å². The van der Waals surface area contributed by atoms with Gasteiger partial charge in [0.1, 0.15) is 0 Å². The molecule has 0 saturated carbocycles. The van der Waals surface area contributed by atoms with Gasteiger partial charge in [-0.25, -0.2) is 0 Å². The number of hydrogen-bond acceptors (Lipinski definition) is 1. The van der Waals surface area contributed by atoms with E-state index >= 15 is 0 Å². The Kier molecular flexibility index (Phi) is 4.10. The van der Waals surface area contributed by atoms with Gasteiger partial charge in [-0.05, 0) is 24.7 Å². The zero-order chi connectivity index (χ0) is 11.2. The SMILES string of the molecule is [O-]CCP(c1ccccc1)c1ccccc1. The van der Waals surface area contributed by atoms with Gasteiger partial charge in [0.05, 0.1) is 0 Å². The summed E-state index contributed by atoms with van der Waals surface area (Å²) in [6, 6.07) is 20.7. The molecule has 2 rings (SSSR count). The molecule has 2 heteroatoms. The number of hydrogen-bond donors (Lipinski definition) is 0. The van der Waals surface area contributed by atoms with Crippen molar-refractivity contribution >= 4 is 18.5 Å². The lowest BCUT2D eigenvalue weighted by Gasteiger charge is -2.20. The summed E-state index contributed by atoms with van der Waals surface area (Å²) in [6.45, 7) is -0.00447. The van der Waals surface area contributed by atoms with Crippen LogP contribution in [0.15, 0.2) is 60.7 Å². The average Bonchev–Trinajstić information content (AvgIpc) is 2.38. The molecular formula is C14H14OP-. The van der Waals surface area contributed by atoms with Crippen molar-refractivity contribution in [1.29, 1.82) is 0 Å². The molecule has 16 heavy (non-hydrogen) atoms. The van der Waals surface area contributed by atoms with Crippen molar-refractivity contribution < 1.29 is 5.11 Å². The molecular weight excluding hydrogens is 215 g/mol. The molecule has 0 amide bonds. The molecule has 82 valence electrons. The molecule has 2 aromatic rings. The Bertz CT molecular complexity index is 374. The topological polar surface area (TPSA) is 23.1 Å². The first-order valence-corrected chi connectivity index (χ1v) is 6.90. The van der Waals surface area contributed by atoms with E-state index in [1.807, 2.05) is 36.4 Å². The molecule has 0 saturated heterocycles. The molecule has 0 fully saturated rings. The van der Waals surface area contributed by atoms with E-state index in [0.717, 1.165) is 6.16 Å². The van der Waals surface area contributed by atoms with Crippen molar-refractivity contribution in [3.63, 3.8) is 0 Å². The predicted octanol–water partition coefficient (Wildman–Crippen LogP) is 1.48. The summed E-state index contributed by atoms with van der Waals surface area (Å²) in [5, 5.41) is 13.5. The standard InChI is InChI=1S/C14H14OP/c15-11-12-16(13-7-3-1-4-8-13)14-9-5-2-6-10-14/h1-10H,11-12H2/q-1. The lowest BCUT2D eigenvalue weighted by Crippen LogP contribution is -2.19. The van der Waals surface area contributed by atoms with Crippen molar-refractivity contribution in [2.24, 2.45) is 0 Å². The second-order valence-corrected chi connectivity index (χ2v) is 5.86. The van der Waals surface area contributed by atoms with Gasteiger partial charge in [0.25, 0.3) is 0 Å². The maximum Gasteiger partial charge on any atom is -0.0196 e. The van der Waals surface area contributed by atoms with Crippen LogP contribution in [0.5, 0.6) is 0 Å². The van der Waals surface area contributed by atoms with Gasteiger partial charge >= 0.3 is 0 Å². The van der Waals surface area contributed by atoms with E-state index in [1.165, 1.54) is 10.6 Å². The number of benzene rings is 2. The highest BCUT2D eigenvalue weighted by molar-refractivity contribution is 7.73. The molecule has 0 spiro atoms. The van der Waals surface area contributed by atoms with E-state index in [1.54, 1.807) is 0 Å². The molecule has 1 nitrogen and oxygen atoms in total. The van der Waals surface area contributed by atoms with E-state index in [-0.39, 0.29) is 6.61 Å². The third-order valence-electron chi connectivity index (χ3n) is 2.45. The smallest absolute Gasteiger partial charge is 0.0196 e. The van der Waals surface area contributed by atoms with Gasteiger partial charge in [-0.1, -0.05) is 60.7 Å². The summed E-state index contributed by atoms with van der Waals surface area (Å²) in [6.07, 6.45) is 0.726. The molecule has 0 N–H and O–H groups in total. The summed E-state index contributed by atoms with van der Waals surface area (Å²) >= 11 is 0. The summed E-state index contributed by atoms with van der Waals surface area (Å²) in [5.41, 5.74) is 0. The quantitative estimate of drug-likeness (QED) is 0.728. The summed E-state index contributed by atoms with van der Waals surface area (Å²) < 4.78 is 0. The van der Waals surface area contributed by atoms with Gasteiger partial charge in [0.2, 0.25) is 0 Å². The Morgan fingerprint density at radius 3 is 1.56 bits per heavy atom. The minimum atomic E-state index is -0.463. The van der Waals surface area contributed by atoms with Gasteiger partial charge in [0, 0.05) is 0 Å². The van der Waals surface area contributed by atoms with Crippen molar-refractivity contribution in [3.05, 3.63) is 60.7 Å². The van der Waals surface area contributed by atoms with Crippen LogP contribution in [0.25, 0.3) is 0 Å². The first-order valence-electron chi connectivity index (χ1n) is 5.37. The Morgan fingerprint density at radius 2 is 1.19 bits per heavy atom. The van der Waals surface area contributed by atoms with Gasteiger partial charge in [-0.15, -0.1) is 6.61 Å². The van der Waals surface area contributed by atoms with E-state index in [2.05, 4.69) is 24.3 Å². The fraction of sp³-hybridized carbons (Fsp3) is 0.143. The Labute approximate surface area is 97.5 Å². The van der Waals surface area contributed by atoms with Crippen molar-refractivity contribution in [1.82, 2.24) is 0 Å². The number of rotatable bonds is 4. The highest BCUT2D eigenvalue weighted by atomic mass is 31.1. The van der Waals surface area contributed by atoms with E-state index in [0.29, 0.717) is 0 Å². The van der Waals surface area contributed by atoms with Crippen LogP contribution in [0.3, 0.4) is 0 Å². The van der Waals surface area contributed by atoms with Crippen LogP contribution in [0.1, 0.15) is 0 Å². The summed E-state index contributed by atoms with van der Waals surface area (Å²) in [5.74, 6) is 0. The van der Waals surface area contributed by atoms with Crippen LogP contribution in [0.4, 0.5) is 0 Å². The molecule has 0 aromatic heterocycles. The van der Waals surface area contributed by atoms with Gasteiger partial charge in [-0.2, -0.15) is 0 Å². The lowest BCUT2D eigenvalue weighted by molar-refractivity contribution is -0.360. The molecule has 0 aliphatic carbocycles. The third kappa shape index (κ3) is 2.69.